The van der Waals surface area contributed by atoms with Crippen molar-refractivity contribution in [2.24, 2.45) is 11.7 Å². The molecule has 2 nitrogen and oxygen atoms in total. The first-order chi connectivity index (χ1) is 11.8. The largest absolute Gasteiger partial charge is 0.369 e. The van der Waals surface area contributed by atoms with E-state index < -0.39 is 0 Å². The van der Waals surface area contributed by atoms with Crippen LogP contribution in [-0.4, -0.2) is 5.91 Å². The molecule has 2 N–H and O–H groups in total. The van der Waals surface area contributed by atoms with Gasteiger partial charge in [-0.25, -0.2) is 0 Å². The molecule has 0 aromatic carbocycles. The van der Waals surface area contributed by atoms with Crippen LogP contribution < -0.4 is 5.73 Å². The third kappa shape index (κ3) is 12.5. The van der Waals surface area contributed by atoms with Gasteiger partial charge >= 0.3 is 0 Å². The molecule has 0 aliphatic heterocycles. The first kappa shape index (κ1) is 21.1. The van der Waals surface area contributed by atoms with Crippen molar-refractivity contribution >= 4 is 5.91 Å². The maximum Gasteiger partial charge on any atom is 0.220 e. The third-order valence-electron chi connectivity index (χ3n) is 5.24. The molecule has 1 aliphatic rings. The molecule has 24 heavy (non-hydrogen) atoms. The van der Waals surface area contributed by atoms with Crippen molar-refractivity contribution < 1.29 is 4.79 Å². The summed E-state index contributed by atoms with van der Waals surface area (Å²) in [6.45, 7) is 0. The van der Waals surface area contributed by atoms with Crippen LogP contribution in [0, 0.1) is 17.8 Å². The van der Waals surface area contributed by atoms with E-state index in [4.69, 9.17) is 5.73 Å². The van der Waals surface area contributed by atoms with Crippen LogP contribution in [0.15, 0.2) is 0 Å². The van der Waals surface area contributed by atoms with Crippen LogP contribution in [0.2, 0.25) is 0 Å². The van der Waals surface area contributed by atoms with Crippen molar-refractivity contribution in [3.63, 3.8) is 0 Å². The van der Waals surface area contributed by atoms with E-state index in [2.05, 4.69) is 11.8 Å². The number of amides is 1. The molecule has 0 saturated carbocycles. The molecule has 0 saturated heterocycles. The number of hydrogen-bond acceptors (Lipinski definition) is 1. The van der Waals surface area contributed by atoms with Gasteiger partial charge in [0, 0.05) is 18.8 Å². The van der Waals surface area contributed by atoms with Gasteiger partial charge in [-0.05, 0) is 25.7 Å². The average Bonchev–Trinajstić information content (AvgIpc) is 2.57. The van der Waals surface area contributed by atoms with Crippen molar-refractivity contribution in [1.82, 2.24) is 0 Å². The van der Waals surface area contributed by atoms with Crippen LogP contribution in [0.5, 0.6) is 0 Å². The lowest BCUT2D eigenvalue weighted by molar-refractivity contribution is -0.122. The summed E-state index contributed by atoms with van der Waals surface area (Å²) in [5.41, 5.74) is 5.57. The molecule has 1 aliphatic carbocycles. The smallest absolute Gasteiger partial charge is 0.220 e. The Bertz CT molecular complexity index is 366. The SMILES string of the molecule is NC(=O)C1CCCCCC#CCCCCCCCCCCCCC1. The normalized spacial score (nSPS) is 24.1. The number of primary amides is 1. The molecule has 1 atom stereocenters. The Kier molecular flexibility index (Phi) is 13.7. The fourth-order valence-electron chi connectivity index (χ4n) is 3.58. The Balaban J connectivity index is 2.28. The van der Waals surface area contributed by atoms with E-state index in [0.717, 1.165) is 32.1 Å². The van der Waals surface area contributed by atoms with Crippen LogP contribution in [0.4, 0.5) is 0 Å². The molecule has 0 heterocycles. The van der Waals surface area contributed by atoms with E-state index in [1.807, 2.05) is 0 Å². The molecular weight excluding hydrogens is 294 g/mol. The molecule has 1 amide bonds. The molecule has 0 aromatic heterocycles. The van der Waals surface area contributed by atoms with Gasteiger partial charge in [0.25, 0.3) is 0 Å². The van der Waals surface area contributed by atoms with Crippen molar-refractivity contribution in [2.45, 2.75) is 116 Å². The van der Waals surface area contributed by atoms with Crippen LogP contribution in [0.3, 0.4) is 0 Å². The first-order valence-corrected chi connectivity index (χ1v) is 10.6. The van der Waals surface area contributed by atoms with Crippen molar-refractivity contribution in [3.05, 3.63) is 0 Å². The zero-order valence-electron chi connectivity index (χ0n) is 15.8. The maximum absolute atomic E-state index is 11.6. The van der Waals surface area contributed by atoms with Crippen LogP contribution >= 0.6 is 0 Å². The van der Waals surface area contributed by atoms with Gasteiger partial charge in [0.05, 0.1) is 0 Å². The minimum absolute atomic E-state index is 0.0896. The Morgan fingerprint density at radius 2 is 0.917 bits per heavy atom. The number of hydrogen-bond donors (Lipinski definition) is 1. The molecule has 0 radical (unpaired) electrons. The van der Waals surface area contributed by atoms with E-state index in [9.17, 15) is 4.79 Å². The summed E-state index contributed by atoms with van der Waals surface area (Å²) in [5, 5.41) is 0. The summed E-state index contributed by atoms with van der Waals surface area (Å²) in [5.74, 6) is 6.64. The van der Waals surface area contributed by atoms with Gasteiger partial charge in [-0.15, -0.1) is 11.8 Å². The number of nitrogens with two attached hydrogens (primary N) is 1. The molecule has 2 heteroatoms. The van der Waals surface area contributed by atoms with E-state index in [-0.39, 0.29) is 11.8 Å². The summed E-state index contributed by atoms with van der Waals surface area (Å²) in [6.07, 6.45) is 22.2. The van der Waals surface area contributed by atoms with Crippen LogP contribution in [0.25, 0.3) is 0 Å². The van der Waals surface area contributed by atoms with E-state index in [1.165, 1.54) is 83.5 Å². The number of rotatable bonds is 1. The predicted molar refractivity (Wildman–Crippen MR) is 104 cm³/mol. The van der Waals surface area contributed by atoms with Crippen LogP contribution in [-0.2, 0) is 4.79 Å². The van der Waals surface area contributed by atoms with Gasteiger partial charge in [-0.2, -0.15) is 0 Å². The Labute approximate surface area is 150 Å². The fourth-order valence-corrected chi connectivity index (χ4v) is 3.58. The molecule has 0 fully saturated rings. The Morgan fingerprint density at radius 3 is 1.33 bits per heavy atom. The Hall–Kier alpha value is -0.970. The molecule has 0 spiro atoms. The van der Waals surface area contributed by atoms with Crippen LogP contribution in [0.1, 0.15) is 116 Å². The van der Waals surface area contributed by atoms with Crippen molar-refractivity contribution in [2.75, 3.05) is 0 Å². The third-order valence-corrected chi connectivity index (χ3v) is 5.24. The zero-order valence-corrected chi connectivity index (χ0v) is 15.8. The molecule has 0 aromatic rings. The quantitative estimate of drug-likeness (QED) is 0.576. The van der Waals surface area contributed by atoms with E-state index in [1.54, 1.807) is 0 Å². The fraction of sp³-hybridized carbons (Fsp3) is 0.864. The lowest BCUT2D eigenvalue weighted by Gasteiger charge is -2.12. The van der Waals surface area contributed by atoms with Gasteiger partial charge in [0.15, 0.2) is 0 Å². The second-order valence-corrected chi connectivity index (χ2v) is 7.48. The summed E-state index contributed by atoms with van der Waals surface area (Å²) in [6, 6.07) is 0. The molecular formula is C22H39NO. The summed E-state index contributed by atoms with van der Waals surface area (Å²) in [4.78, 5) is 11.6. The standard InChI is InChI=1S/C22H39NO/c23-22(24)21-19-17-15-13-11-9-7-5-3-1-2-4-6-8-10-12-14-16-18-20-21/h21H,1-7,9,11-20H2,(H2,23,24). The maximum atomic E-state index is 11.6. The second-order valence-electron chi connectivity index (χ2n) is 7.48. The average molecular weight is 334 g/mol. The molecule has 138 valence electrons. The summed E-state index contributed by atoms with van der Waals surface area (Å²) in [7, 11) is 0. The van der Waals surface area contributed by atoms with E-state index in [0.29, 0.717) is 0 Å². The predicted octanol–water partition coefficient (Wildman–Crippen LogP) is 6.13. The summed E-state index contributed by atoms with van der Waals surface area (Å²) < 4.78 is 0. The highest BCUT2D eigenvalue weighted by molar-refractivity contribution is 5.76. The minimum Gasteiger partial charge on any atom is -0.369 e. The monoisotopic (exact) mass is 333 g/mol. The minimum atomic E-state index is -0.0896. The first-order valence-electron chi connectivity index (χ1n) is 10.6. The number of carbonyl (C=O) groups is 1. The van der Waals surface area contributed by atoms with Gasteiger partial charge in [-0.3, -0.25) is 4.79 Å². The molecule has 1 unspecified atom stereocenters. The molecule has 1 rings (SSSR count). The number of carbonyl (C=O) groups excluding carboxylic acids is 1. The van der Waals surface area contributed by atoms with Gasteiger partial charge in [0.2, 0.25) is 5.91 Å². The highest BCUT2D eigenvalue weighted by Crippen LogP contribution is 2.19. The van der Waals surface area contributed by atoms with Gasteiger partial charge in [0.1, 0.15) is 0 Å². The van der Waals surface area contributed by atoms with Crippen molar-refractivity contribution in [3.8, 4) is 11.8 Å². The Morgan fingerprint density at radius 1 is 0.583 bits per heavy atom. The lowest BCUT2D eigenvalue weighted by Crippen LogP contribution is -2.23. The summed E-state index contributed by atoms with van der Waals surface area (Å²) >= 11 is 0. The van der Waals surface area contributed by atoms with E-state index >= 15 is 0 Å². The van der Waals surface area contributed by atoms with Gasteiger partial charge in [-0.1, -0.05) is 77.0 Å². The second kappa shape index (κ2) is 15.6. The van der Waals surface area contributed by atoms with Crippen molar-refractivity contribution in [1.29, 1.82) is 0 Å². The highest BCUT2D eigenvalue weighted by atomic mass is 16.1. The topological polar surface area (TPSA) is 43.1 Å². The van der Waals surface area contributed by atoms with Gasteiger partial charge < -0.3 is 5.73 Å². The zero-order chi connectivity index (χ0) is 17.3. The highest BCUT2D eigenvalue weighted by Gasteiger charge is 2.14. The lowest BCUT2D eigenvalue weighted by atomic mass is 9.93. The molecule has 0 bridgehead atoms.